The molecule has 1 aromatic carbocycles. The Hall–Kier alpha value is -1.53. The van der Waals surface area contributed by atoms with E-state index in [1.54, 1.807) is 7.05 Å². The Balaban J connectivity index is 2.90. The van der Waals surface area contributed by atoms with E-state index in [-0.39, 0.29) is 12.0 Å². The molecule has 0 aliphatic rings. The summed E-state index contributed by atoms with van der Waals surface area (Å²) in [5.41, 5.74) is 5.57. The molecule has 0 spiro atoms. The molecule has 1 aromatic rings. The fraction of sp³-hybridized carbons (Fsp3) is 0.364. The van der Waals surface area contributed by atoms with E-state index in [0.29, 0.717) is 0 Å². The molecule has 0 heterocycles. The Morgan fingerprint density at radius 3 is 2.65 bits per heavy atom. The summed E-state index contributed by atoms with van der Waals surface area (Å²) in [4.78, 5) is 10.6. The standard InChI is InChI=1S/C11H14F2N2O2/c1-15-10(5-9(14)11(16)17)7-3-2-6(12)4-8(7)13/h2-4,9-10,15H,5,14H2,1H3,(H,16,17). The molecule has 0 bridgehead atoms. The Bertz CT molecular complexity index is 412. The second-order valence-corrected chi connectivity index (χ2v) is 3.69. The summed E-state index contributed by atoms with van der Waals surface area (Å²) < 4.78 is 26.2. The molecule has 17 heavy (non-hydrogen) atoms. The number of carbonyl (C=O) groups is 1. The van der Waals surface area contributed by atoms with Crippen molar-refractivity contribution >= 4 is 5.97 Å². The summed E-state index contributed by atoms with van der Waals surface area (Å²) in [7, 11) is 1.56. The van der Waals surface area contributed by atoms with E-state index in [9.17, 15) is 13.6 Å². The topological polar surface area (TPSA) is 75.3 Å². The predicted octanol–water partition coefficient (Wildman–Crippen LogP) is 1.03. The van der Waals surface area contributed by atoms with E-state index in [0.717, 1.165) is 12.1 Å². The van der Waals surface area contributed by atoms with Crippen molar-refractivity contribution in [1.82, 2.24) is 5.32 Å². The number of halogens is 2. The third-order valence-corrected chi connectivity index (χ3v) is 2.49. The highest BCUT2D eigenvalue weighted by molar-refractivity contribution is 5.73. The molecule has 94 valence electrons. The van der Waals surface area contributed by atoms with Gasteiger partial charge >= 0.3 is 5.97 Å². The van der Waals surface area contributed by atoms with Crippen LogP contribution in [0.5, 0.6) is 0 Å². The van der Waals surface area contributed by atoms with E-state index >= 15 is 0 Å². The second kappa shape index (κ2) is 5.70. The van der Waals surface area contributed by atoms with Gasteiger partial charge in [-0.05, 0) is 19.5 Å². The van der Waals surface area contributed by atoms with Crippen molar-refractivity contribution < 1.29 is 18.7 Å². The van der Waals surface area contributed by atoms with Gasteiger partial charge in [-0.15, -0.1) is 0 Å². The first-order valence-electron chi connectivity index (χ1n) is 5.06. The largest absolute Gasteiger partial charge is 0.480 e. The van der Waals surface area contributed by atoms with Crippen LogP contribution in [0.25, 0.3) is 0 Å². The monoisotopic (exact) mass is 244 g/mol. The quantitative estimate of drug-likeness (QED) is 0.723. The minimum Gasteiger partial charge on any atom is -0.480 e. The lowest BCUT2D eigenvalue weighted by Crippen LogP contribution is -2.35. The minimum absolute atomic E-state index is 0.0222. The molecule has 4 N–H and O–H groups in total. The summed E-state index contributed by atoms with van der Waals surface area (Å²) in [6.45, 7) is 0. The third-order valence-electron chi connectivity index (χ3n) is 2.49. The van der Waals surface area contributed by atoms with E-state index < -0.39 is 29.7 Å². The lowest BCUT2D eigenvalue weighted by molar-refractivity contribution is -0.138. The zero-order valence-electron chi connectivity index (χ0n) is 9.28. The molecule has 4 nitrogen and oxygen atoms in total. The van der Waals surface area contributed by atoms with Gasteiger partial charge in [-0.25, -0.2) is 8.78 Å². The number of benzene rings is 1. The number of rotatable bonds is 5. The molecule has 2 atom stereocenters. The molecule has 0 aromatic heterocycles. The molecule has 0 amide bonds. The van der Waals surface area contributed by atoms with Crippen LogP contribution in [0.3, 0.4) is 0 Å². The van der Waals surface area contributed by atoms with Crippen molar-refractivity contribution in [1.29, 1.82) is 0 Å². The molecular weight excluding hydrogens is 230 g/mol. The van der Waals surface area contributed by atoms with Gasteiger partial charge in [0.15, 0.2) is 0 Å². The first kappa shape index (κ1) is 13.5. The maximum absolute atomic E-state index is 13.5. The smallest absolute Gasteiger partial charge is 0.320 e. The number of carboxylic acids is 1. The summed E-state index contributed by atoms with van der Waals surface area (Å²) >= 11 is 0. The molecular formula is C11H14F2N2O2. The van der Waals surface area contributed by atoms with Gasteiger partial charge in [0.25, 0.3) is 0 Å². The SMILES string of the molecule is CNC(CC(N)C(=O)O)c1ccc(F)cc1F. The van der Waals surface area contributed by atoms with Crippen molar-refractivity contribution in [3.8, 4) is 0 Å². The van der Waals surface area contributed by atoms with Crippen LogP contribution in [-0.4, -0.2) is 24.2 Å². The average molecular weight is 244 g/mol. The van der Waals surface area contributed by atoms with Gasteiger partial charge < -0.3 is 16.2 Å². The van der Waals surface area contributed by atoms with Crippen LogP contribution in [-0.2, 0) is 4.79 Å². The summed E-state index contributed by atoms with van der Waals surface area (Å²) in [6.07, 6.45) is 0.0222. The fourth-order valence-corrected chi connectivity index (χ4v) is 1.54. The van der Waals surface area contributed by atoms with Crippen LogP contribution >= 0.6 is 0 Å². The van der Waals surface area contributed by atoms with Gasteiger partial charge in [0.05, 0.1) is 0 Å². The molecule has 2 unspecified atom stereocenters. The molecule has 0 radical (unpaired) electrons. The Morgan fingerprint density at radius 1 is 1.53 bits per heavy atom. The number of hydrogen-bond acceptors (Lipinski definition) is 3. The van der Waals surface area contributed by atoms with Crippen LogP contribution in [0, 0.1) is 11.6 Å². The number of carboxylic acid groups (broad SMARTS) is 1. The van der Waals surface area contributed by atoms with Crippen LogP contribution in [0.2, 0.25) is 0 Å². The number of nitrogens with two attached hydrogens (primary N) is 1. The Kier molecular flexibility index (Phi) is 4.53. The molecule has 6 heteroatoms. The van der Waals surface area contributed by atoms with Crippen molar-refractivity contribution in [3.63, 3.8) is 0 Å². The van der Waals surface area contributed by atoms with E-state index in [4.69, 9.17) is 10.8 Å². The van der Waals surface area contributed by atoms with Gasteiger partial charge in [0.2, 0.25) is 0 Å². The molecule has 0 aliphatic heterocycles. The molecule has 1 rings (SSSR count). The predicted molar refractivity (Wildman–Crippen MR) is 58.4 cm³/mol. The zero-order chi connectivity index (χ0) is 13.0. The van der Waals surface area contributed by atoms with Crippen molar-refractivity contribution in [2.75, 3.05) is 7.05 Å². The molecule has 0 saturated heterocycles. The third kappa shape index (κ3) is 3.47. The van der Waals surface area contributed by atoms with Gasteiger partial charge in [-0.3, -0.25) is 4.79 Å². The molecule has 0 fully saturated rings. The molecule has 0 saturated carbocycles. The number of hydrogen-bond donors (Lipinski definition) is 3. The van der Waals surface area contributed by atoms with E-state index in [1.165, 1.54) is 6.07 Å². The summed E-state index contributed by atoms with van der Waals surface area (Å²) in [6, 6.07) is 1.49. The first-order valence-corrected chi connectivity index (χ1v) is 5.06. The second-order valence-electron chi connectivity index (χ2n) is 3.69. The summed E-state index contributed by atoms with van der Waals surface area (Å²) in [5.74, 6) is -2.56. The Morgan fingerprint density at radius 2 is 2.18 bits per heavy atom. The van der Waals surface area contributed by atoms with Crippen LogP contribution in [0.1, 0.15) is 18.0 Å². The van der Waals surface area contributed by atoms with Crippen LogP contribution < -0.4 is 11.1 Å². The van der Waals surface area contributed by atoms with Gasteiger partial charge in [0.1, 0.15) is 17.7 Å². The maximum Gasteiger partial charge on any atom is 0.320 e. The van der Waals surface area contributed by atoms with Gasteiger partial charge in [-0.1, -0.05) is 6.07 Å². The number of nitrogens with one attached hydrogen (secondary N) is 1. The minimum atomic E-state index is -1.16. The van der Waals surface area contributed by atoms with Crippen molar-refractivity contribution in [2.24, 2.45) is 5.73 Å². The van der Waals surface area contributed by atoms with E-state index in [1.807, 2.05) is 0 Å². The molecule has 0 aliphatic carbocycles. The number of aliphatic carboxylic acids is 1. The van der Waals surface area contributed by atoms with E-state index in [2.05, 4.69) is 5.32 Å². The lowest BCUT2D eigenvalue weighted by atomic mass is 9.99. The lowest BCUT2D eigenvalue weighted by Gasteiger charge is -2.19. The normalized spacial score (nSPS) is 14.4. The van der Waals surface area contributed by atoms with Gasteiger partial charge in [-0.2, -0.15) is 0 Å². The van der Waals surface area contributed by atoms with Crippen LogP contribution in [0.15, 0.2) is 18.2 Å². The first-order chi connectivity index (χ1) is 7.95. The average Bonchev–Trinajstić information content (AvgIpc) is 2.26. The van der Waals surface area contributed by atoms with Gasteiger partial charge in [0, 0.05) is 17.7 Å². The zero-order valence-corrected chi connectivity index (χ0v) is 9.28. The van der Waals surface area contributed by atoms with Crippen molar-refractivity contribution in [2.45, 2.75) is 18.5 Å². The highest BCUT2D eigenvalue weighted by Crippen LogP contribution is 2.21. The highest BCUT2D eigenvalue weighted by Gasteiger charge is 2.21. The van der Waals surface area contributed by atoms with Crippen LogP contribution in [0.4, 0.5) is 8.78 Å². The summed E-state index contributed by atoms with van der Waals surface area (Å²) in [5, 5.41) is 11.4. The van der Waals surface area contributed by atoms with Crippen molar-refractivity contribution in [3.05, 3.63) is 35.4 Å². The highest BCUT2D eigenvalue weighted by atomic mass is 19.1. The maximum atomic E-state index is 13.5. The Labute approximate surface area is 97.4 Å². The fourth-order valence-electron chi connectivity index (χ4n) is 1.54.